The van der Waals surface area contributed by atoms with Gasteiger partial charge >= 0.3 is 0 Å². The molecule has 1 aromatic heterocycles. The van der Waals surface area contributed by atoms with E-state index in [4.69, 9.17) is 4.42 Å². The lowest BCUT2D eigenvalue weighted by molar-refractivity contribution is 0.0558. The van der Waals surface area contributed by atoms with Crippen LogP contribution in [-0.4, -0.2) is 21.8 Å². The molecule has 0 saturated heterocycles. The summed E-state index contributed by atoms with van der Waals surface area (Å²) in [6.07, 6.45) is 1.59. The molecule has 1 aliphatic rings. The van der Waals surface area contributed by atoms with Crippen molar-refractivity contribution >= 4 is 11.8 Å². The van der Waals surface area contributed by atoms with E-state index in [1.54, 1.807) is 30.5 Å². The van der Waals surface area contributed by atoms with E-state index < -0.39 is 0 Å². The third kappa shape index (κ3) is 2.62. The van der Waals surface area contributed by atoms with Crippen molar-refractivity contribution in [2.45, 2.75) is 13.5 Å². The molecule has 124 valence electrons. The SMILES string of the molecule is Cc1ccccc1-c1ncc(CNN2C(=O)c3ccccc3C2=O)o1. The molecule has 2 heterocycles. The maximum atomic E-state index is 12.3. The number of hydrogen-bond acceptors (Lipinski definition) is 5. The van der Waals surface area contributed by atoms with E-state index in [0.717, 1.165) is 16.1 Å². The standard InChI is InChI=1S/C19H15N3O3/c1-12-6-2-3-7-14(12)17-20-10-13(25-17)11-21-22-18(23)15-8-4-5-9-16(15)19(22)24/h2-10,21H,11H2,1H3. The average molecular weight is 333 g/mol. The Hall–Kier alpha value is -3.25. The highest BCUT2D eigenvalue weighted by atomic mass is 16.4. The Bertz CT molecular complexity index is 942. The molecule has 6 heteroatoms. The Morgan fingerprint density at radius 1 is 0.960 bits per heavy atom. The second-order valence-corrected chi connectivity index (χ2v) is 5.77. The Kier molecular flexibility index (Phi) is 3.66. The Balaban J connectivity index is 1.49. The maximum absolute atomic E-state index is 12.3. The molecule has 0 radical (unpaired) electrons. The number of amides is 2. The van der Waals surface area contributed by atoms with Gasteiger partial charge in [0.05, 0.1) is 23.9 Å². The number of hydrazine groups is 1. The van der Waals surface area contributed by atoms with Gasteiger partial charge in [0.25, 0.3) is 11.8 Å². The second-order valence-electron chi connectivity index (χ2n) is 5.77. The molecule has 0 spiro atoms. The number of rotatable bonds is 4. The van der Waals surface area contributed by atoms with Crippen LogP contribution in [0.1, 0.15) is 32.0 Å². The molecular formula is C19H15N3O3. The van der Waals surface area contributed by atoms with Crippen molar-refractivity contribution in [3.63, 3.8) is 0 Å². The lowest BCUT2D eigenvalue weighted by atomic mass is 10.1. The highest BCUT2D eigenvalue weighted by molar-refractivity contribution is 6.20. The fraction of sp³-hybridized carbons (Fsp3) is 0.105. The van der Waals surface area contributed by atoms with Crippen molar-refractivity contribution in [2.24, 2.45) is 0 Å². The summed E-state index contributed by atoms with van der Waals surface area (Å²) >= 11 is 0. The van der Waals surface area contributed by atoms with Gasteiger partial charge in [-0.3, -0.25) is 9.59 Å². The van der Waals surface area contributed by atoms with Gasteiger partial charge in [0, 0.05) is 5.56 Å². The van der Waals surface area contributed by atoms with Crippen molar-refractivity contribution in [1.29, 1.82) is 0 Å². The highest BCUT2D eigenvalue weighted by Gasteiger charge is 2.35. The van der Waals surface area contributed by atoms with Crippen LogP contribution in [0.2, 0.25) is 0 Å². The van der Waals surface area contributed by atoms with Crippen LogP contribution in [-0.2, 0) is 6.54 Å². The number of carbonyl (C=O) groups excluding carboxylic acids is 2. The average Bonchev–Trinajstić information content (AvgIpc) is 3.19. The minimum Gasteiger partial charge on any atom is -0.440 e. The molecule has 1 N–H and O–H groups in total. The van der Waals surface area contributed by atoms with E-state index in [2.05, 4.69) is 10.4 Å². The first kappa shape index (κ1) is 15.3. The lowest BCUT2D eigenvalue weighted by Gasteiger charge is -2.13. The quantitative estimate of drug-likeness (QED) is 0.743. The fourth-order valence-corrected chi connectivity index (χ4v) is 2.82. The molecule has 2 aromatic carbocycles. The van der Waals surface area contributed by atoms with Crippen molar-refractivity contribution in [1.82, 2.24) is 15.4 Å². The number of carbonyl (C=O) groups is 2. The van der Waals surface area contributed by atoms with Gasteiger partial charge in [-0.25, -0.2) is 15.4 Å². The van der Waals surface area contributed by atoms with E-state index in [1.807, 2.05) is 31.2 Å². The first-order chi connectivity index (χ1) is 12.1. The molecule has 0 saturated carbocycles. The maximum Gasteiger partial charge on any atom is 0.276 e. The summed E-state index contributed by atoms with van der Waals surface area (Å²) in [5, 5.41) is 1.01. The number of aromatic nitrogens is 1. The zero-order valence-corrected chi connectivity index (χ0v) is 13.5. The number of fused-ring (bicyclic) bond motifs is 1. The van der Waals surface area contributed by atoms with Crippen LogP contribution in [0.5, 0.6) is 0 Å². The summed E-state index contributed by atoms with van der Waals surface area (Å²) in [6.45, 7) is 2.17. The predicted molar refractivity (Wildman–Crippen MR) is 90.5 cm³/mol. The molecule has 0 atom stereocenters. The smallest absolute Gasteiger partial charge is 0.276 e. The first-order valence-electron chi connectivity index (χ1n) is 7.87. The zero-order valence-electron chi connectivity index (χ0n) is 13.5. The van der Waals surface area contributed by atoms with Crippen LogP contribution in [0.25, 0.3) is 11.5 Å². The summed E-state index contributed by atoms with van der Waals surface area (Å²) in [6, 6.07) is 14.5. The highest BCUT2D eigenvalue weighted by Crippen LogP contribution is 2.24. The van der Waals surface area contributed by atoms with Gasteiger partial charge in [0.15, 0.2) is 0 Å². The van der Waals surface area contributed by atoms with E-state index in [-0.39, 0.29) is 18.4 Å². The molecule has 4 rings (SSSR count). The monoisotopic (exact) mass is 333 g/mol. The van der Waals surface area contributed by atoms with Gasteiger partial charge in [-0.15, -0.1) is 0 Å². The van der Waals surface area contributed by atoms with Crippen LogP contribution < -0.4 is 5.43 Å². The van der Waals surface area contributed by atoms with Gasteiger partial charge in [0.1, 0.15) is 5.76 Å². The number of hydrogen-bond donors (Lipinski definition) is 1. The normalized spacial score (nSPS) is 13.4. The van der Waals surface area contributed by atoms with E-state index in [1.165, 1.54) is 0 Å². The van der Waals surface area contributed by atoms with Crippen molar-refractivity contribution in [3.8, 4) is 11.5 Å². The summed E-state index contributed by atoms with van der Waals surface area (Å²) in [7, 11) is 0. The Morgan fingerprint density at radius 3 is 2.20 bits per heavy atom. The number of nitrogens with one attached hydrogen (secondary N) is 1. The number of benzene rings is 2. The van der Waals surface area contributed by atoms with Crippen molar-refractivity contribution in [2.75, 3.05) is 0 Å². The van der Waals surface area contributed by atoms with Crippen molar-refractivity contribution < 1.29 is 14.0 Å². The van der Waals surface area contributed by atoms with Crippen LogP contribution in [0.4, 0.5) is 0 Å². The second kappa shape index (κ2) is 5.99. The molecule has 2 amide bonds. The number of imide groups is 1. The van der Waals surface area contributed by atoms with Gasteiger partial charge in [-0.1, -0.05) is 30.3 Å². The topological polar surface area (TPSA) is 75.4 Å². The first-order valence-corrected chi connectivity index (χ1v) is 7.87. The third-order valence-electron chi connectivity index (χ3n) is 4.13. The van der Waals surface area contributed by atoms with Crippen LogP contribution in [0.3, 0.4) is 0 Å². The molecule has 0 aliphatic carbocycles. The van der Waals surface area contributed by atoms with E-state index >= 15 is 0 Å². The lowest BCUT2D eigenvalue weighted by Crippen LogP contribution is -2.41. The van der Waals surface area contributed by atoms with Gasteiger partial charge < -0.3 is 4.42 Å². The fourth-order valence-electron chi connectivity index (χ4n) is 2.82. The molecule has 0 bridgehead atoms. The predicted octanol–water partition coefficient (Wildman–Crippen LogP) is 2.95. The Labute approximate surface area is 144 Å². The summed E-state index contributed by atoms with van der Waals surface area (Å²) < 4.78 is 5.74. The molecule has 3 aromatic rings. The molecular weight excluding hydrogens is 318 g/mol. The molecule has 25 heavy (non-hydrogen) atoms. The molecule has 6 nitrogen and oxygen atoms in total. The zero-order chi connectivity index (χ0) is 17.4. The Morgan fingerprint density at radius 2 is 1.56 bits per heavy atom. The van der Waals surface area contributed by atoms with Crippen LogP contribution in [0, 0.1) is 6.92 Å². The summed E-state index contributed by atoms with van der Waals surface area (Å²) in [5.41, 5.74) is 5.60. The van der Waals surface area contributed by atoms with Crippen LogP contribution in [0.15, 0.2) is 59.1 Å². The summed E-state index contributed by atoms with van der Waals surface area (Å²) in [5.74, 6) is 0.325. The van der Waals surface area contributed by atoms with E-state index in [9.17, 15) is 9.59 Å². The van der Waals surface area contributed by atoms with Crippen molar-refractivity contribution in [3.05, 3.63) is 77.2 Å². The van der Waals surface area contributed by atoms with Gasteiger partial charge in [0.2, 0.25) is 5.89 Å². The summed E-state index contributed by atoms with van der Waals surface area (Å²) in [4.78, 5) is 28.9. The van der Waals surface area contributed by atoms with Crippen LogP contribution >= 0.6 is 0 Å². The molecule has 0 unspecified atom stereocenters. The van der Waals surface area contributed by atoms with Gasteiger partial charge in [-0.2, -0.15) is 0 Å². The third-order valence-corrected chi connectivity index (χ3v) is 4.13. The largest absolute Gasteiger partial charge is 0.440 e. The molecule has 1 aliphatic heterocycles. The minimum absolute atomic E-state index is 0.185. The molecule has 0 fully saturated rings. The minimum atomic E-state index is -0.362. The number of oxazole rings is 1. The number of nitrogens with zero attached hydrogens (tertiary/aromatic N) is 2. The van der Waals surface area contributed by atoms with E-state index in [0.29, 0.717) is 22.8 Å². The number of aryl methyl sites for hydroxylation is 1. The van der Waals surface area contributed by atoms with Gasteiger partial charge in [-0.05, 0) is 30.7 Å².